The fraction of sp³-hybridized carbons (Fsp3) is 0.500. The van der Waals surface area contributed by atoms with E-state index in [2.05, 4.69) is 4.81 Å². The summed E-state index contributed by atoms with van der Waals surface area (Å²) in [6.07, 6.45) is 0.928. The van der Waals surface area contributed by atoms with Crippen molar-refractivity contribution in [3.63, 3.8) is 0 Å². The topological polar surface area (TPSA) is 48.0 Å². The Kier molecular flexibility index (Phi) is 4.05. The molecule has 0 radical (unpaired) electrons. The lowest BCUT2D eigenvalue weighted by atomic mass is 9.66. The van der Waals surface area contributed by atoms with Crippen molar-refractivity contribution in [3.05, 3.63) is 35.9 Å². The summed E-state index contributed by atoms with van der Waals surface area (Å²) in [5.41, 5.74) is 1.00. The summed E-state index contributed by atoms with van der Waals surface area (Å²) in [6, 6.07) is 9.69. The third kappa shape index (κ3) is 2.87. The summed E-state index contributed by atoms with van der Waals surface area (Å²) < 4.78 is 16.7. The van der Waals surface area contributed by atoms with E-state index >= 15 is 0 Å². The highest BCUT2D eigenvalue weighted by Gasteiger charge is 2.42. The van der Waals surface area contributed by atoms with Crippen molar-refractivity contribution in [2.45, 2.75) is 19.3 Å². The minimum atomic E-state index is -1.38. The average Bonchev–Trinajstić information content (AvgIpc) is 3.04. The summed E-state index contributed by atoms with van der Waals surface area (Å²) in [5, 5.41) is 0. The number of hydrogen-bond donors (Lipinski definition) is 0. The monoisotopic (exact) mass is 276 g/mol. The summed E-state index contributed by atoms with van der Waals surface area (Å²) in [5.74, 6) is -0.198. The minimum absolute atomic E-state index is 0.198. The molecule has 5 nitrogen and oxygen atoms in total. The van der Waals surface area contributed by atoms with Gasteiger partial charge in [-0.25, -0.2) is 0 Å². The van der Waals surface area contributed by atoms with Gasteiger partial charge in [0.05, 0.1) is 0 Å². The second-order valence-corrected chi connectivity index (χ2v) is 5.29. The Labute approximate surface area is 118 Å². The van der Waals surface area contributed by atoms with Crippen LogP contribution in [-0.4, -0.2) is 43.8 Å². The third-order valence-corrected chi connectivity index (χ3v) is 4.03. The molecule has 1 aromatic rings. The van der Waals surface area contributed by atoms with E-state index in [9.17, 15) is 4.79 Å². The van der Waals surface area contributed by atoms with E-state index in [1.54, 1.807) is 0 Å². The van der Waals surface area contributed by atoms with Crippen LogP contribution in [0.5, 0.6) is 0 Å². The minimum Gasteiger partial charge on any atom is -0.554 e. The quantitative estimate of drug-likeness (QED) is 0.601. The highest BCUT2D eigenvalue weighted by atomic mass is 16.6. The number of esters is 1. The van der Waals surface area contributed by atoms with Gasteiger partial charge >= 0.3 is 12.7 Å². The number of benzene rings is 1. The molecule has 3 rings (SSSR count). The van der Waals surface area contributed by atoms with Crippen LogP contribution in [0.4, 0.5) is 0 Å². The summed E-state index contributed by atoms with van der Waals surface area (Å²) in [6.45, 7) is 2.14. The van der Waals surface area contributed by atoms with Crippen molar-refractivity contribution in [3.8, 4) is 0 Å². The zero-order valence-electron chi connectivity index (χ0n) is 11.5. The van der Waals surface area contributed by atoms with Crippen LogP contribution in [0.2, 0.25) is 6.32 Å². The van der Waals surface area contributed by atoms with Crippen LogP contribution < -0.4 is 0 Å². The Morgan fingerprint density at radius 1 is 1.20 bits per heavy atom. The largest absolute Gasteiger partial charge is 0.554 e. The van der Waals surface area contributed by atoms with Gasteiger partial charge in [-0.3, -0.25) is 4.79 Å². The van der Waals surface area contributed by atoms with Crippen molar-refractivity contribution < 1.29 is 18.8 Å². The molecule has 0 atom stereocenters. The van der Waals surface area contributed by atoms with E-state index < -0.39 is 6.69 Å². The molecular weight excluding hydrogens is 257 g/mol. The SMILES string of the molecule is O=C(CC[B-]12OCCN1CCO2)OCc1ccccc1. The second-order valence-electron chi connectivity index (χ2n) is 5.29. The summed E-state index contributed by atoms with van der Waals surface area (Å²) in [7, 11) is 0. The number of fused-ring (bicyclic) bond motifs is 1. The number of ether oxygens (including phenoxy) is 1. The normalized spacial score (nSPS) is 20.8. The molecule has 0 unspecified atom stereocenters. The van der Waals surface area contributed by atoms with E-state index in [1.165, 1.54) is 0 Å². The molecule has 0 aliphatic carbocycles. The predicted molar refractivity (Wildman–Crippen MR) is 74.9 cm³/mol. The van der Waals surface area contributed by atoms with E-state index in [1.807, 2.05) is 30.3 Å². The molecule has 0 amide bonds. The van der Waals surface area contributed by atoms with Crippen molar-refractivity contribution in [2.24, 2.45) is 0 Å². The third-order valence-electron chi connectivity index (χ3n) is 4.03. The van der Waals surface area contributed by atoms with E-state index in [4.69, 9.17) is 14.0 Å². The maximum Gasteiger partial charge on any atom is 0.318 e. The van der Waals surface area contributed by atoms with Gasteiger partial charge in [0, 0.05) is 19.6 Å². The molecule has 2 saturated heterocycles. The molecule has 0 aromatic heterocycles. The lowest BCUT2D eigenvalue weighted by Gasteiger charge is -2.36. The molecular formula is C14H19BNO4-. The van der Waals surface area contributed by atoms with Crippen LogP contribution in [0.1, 0.15) is 12.0 Å². The van der Waals surface area contributed by atoms with Crippen molar-refractivity contribution in [1.82, 2.24) is 4.81 Å². The molecule has 2 aliphatic rings. The molecule has 0 N–H and O–H groups in total. The molecule has 2 aliphatic heterocycles. The fourth-order valence-corrected chi connectivity index (χ4v) is 2.93. The molecule has 0 saturated carbocycles. The standard InChI is InChI=1S/C14H19BNO4/c17-14(18-12-13-4-2-1-3-5-13)6-7-15-16(8-10-19-15)9-11-20-15/h1-5H,6-12H2/q-1. The molecule has 20 heavy (non-hydrogen) atoms. The lowest BCUT2D eigenvalue weighted by molar-refractivity contribution is -0.144. The molecule has 2 fully saturated rings. The van der Waals surface area contributed by atoms with E-state index in [-0.39, 0.29) is 5.97 Å². The molecule has 2 heterocycles. The van der Waals surface area contributed by atoms with Gasteiger partial charge in [-0.2, -0.15) is 0 Å². The van der Waals surface area contributed by atoms with Gasteiger partial charge in [0.1, 0.15) is 6.61 Å². The Morgan fingerprint density at radius 2 is 1.90 bits per heavy atom. The number of nitrogens with zero attached hydrogens (tertiary/aromatic N) is 1. The van der Waals surface area contributed by atoms with Crippen molar-refractivity contribution in [1.29, 1.82) is 0 Å². The number of carbonyl (C=O) groups excluding carboxylic acids is 1. The second kappa shape index (κ2) is 5.95. The number of hydrogen-bond acceptors (Lipinski definition) is 5. The van der Waals surface area contributed by atoms with Crippen LogP contribution in [0.25, 0.3) is 0 Å². The summed E-state index contributed by atoms with van der Waals surface area (Å²) >= 11 is 0. The van der Waals surface area contributed by atoms with Gasteiger partial charge in [0.25, 0.3) is 0 Å². The molecule has 6 heteroatoms. The van der Waals surface area contributed by atoms with Gasteiger partial charge in [-0.15, -0.1) is 6.32 Å². The van der Waals surface area contributed by atoms with Crippen LogP contribution in [0.15, 0.2) is 30.3 Å². The Hall–Kier alpha value is -1.37. The van der Waals surface area contributed by atoms with Crippen molar-refractivity contribution in [2.75, 3.05) is 26.3 Å². The van der Waals surface area contributed by atoms with Crippen LogP contribution in [-0.2, 0) is 25.4 Å². The molecule has 0 spiro atoms. The maximum absolute atomic E-state index is 11.8. The summed E-state index contributed by atoms with van der Waals surface area (Å²) in [4.78, 5) is 14.0. The van der Waals surface area contributed by atoms with Gasteiger partial charge < -0.3 is 18.9 Å². The van der Waals surface area contributed by atoms with Gasteiger partial charge in [0.15, 0.2) is 0 Å². The Morgan fingerprint density at radius 3 is 2.60 bits per heavy atom. The van der Waals surface area contributed by atoms with Crippen LogP contribution in [0, 0.1) is 0 Å². The lowest BCUT2D eigenvalue weighted by Crippen LogP contribution is -2.47. The molecule has 0 bridgehead atoms. The van der Waals surface area contributed by atoms with E-state index in [0.29, 0.717) is 32.6 Å². The van der Waals surface area contributed by atoms with Crippen LogP contribution >= 0.6 is 0 Å². The van der Waals surface area contributed by atoms with Crippen molar-refractivity contribution >= 4 is 12.7 Å². The average molecular weight is 276 g/mol. The first-order valence-corrected chi connectivity index (χ1v) is 7.16. The molecule has 1 aromatic carbocycles. The first kappa shape index (κ1) is 13.6. The highest BCUT2D eigenvalue weighted by molar-refractivity contribution is 6.65. The Balaban J connectivity index is 1.45. The number of rotatable bonds is 5. The van der Waals surface area contributed by atoms with Gasteiger partial charge in [-0.05, 0) is 18.7 Å². The first-order chi connectivity index (χ1) is 9.78. The zero-order chi connectivity index (χ0) is 13.8. The fourth-order valence-electron chi connectivity index (χ4n) is 2.93. The molecule has 108 valence electrons. The smallest absolute Gasteiger partial charge is 0.318 e. The van der Waals surface area contributed by atoms with E-state index in [0.717, 1.165) is 18.7 Å². The maximum atomic E-state index is 11.8. The van der Waals surface area contributed by atoms with Gasteiger partial charge in [-0.1, -0.05) is 30.3 Å². The Bertz CT molecular complexity index is 458. The zero-order valence-corrected chi connectivity index (χ0v) is 11.5. The number of carbonyl (C=O) groups is 1. The van der Waals surface area contributed by atoms with Crippen LogP contribution in [0.3, 0.4) is 0 Å². The first-order valence-electron chi connectivity index (χ1n) is 7.16. The highest BCUT2D eigenvalue weighted by Crippen LogP contribution is 2.29. The predicted octanol–water partition coefficient (Wildman–Crippen LogP) is 1.42. The van der Waals surface area contributed by atoms with Gasteiger partial charge in [0.2, 0.25) is 0 Å².